The van der Waals surface area contributed by atoms with E-state index < -0.39 is 6.36 Å². The summed E-state index contributed by atoms with van der Waals surface area (Å²) in [5, 5.41) is 4.41. The van der Waals surface area contributed by atoms with Crippen molar-refractivity contribution < 1.29 is 17.9 Å². The van der Waals surface area contributed by atoms with Gasteiger partial charge >= 0.3 is 6.36 Å². The number of alkyl halides is 3. The molecule has 2 aromatic carbocycles. The van der Waals surface area contributed by atoms with Gasteiger partial charge in [0.25, 0.3) is 0 Å². The van der Waals surface area contributed by atoms with Crippen molar-refractivity contribution in [3.8, 4) is 22.8 Å². The van der Waals surface area contributed by atoms with E-state index in [2.05, 4.69) is 14.8 Å². The minimum atomic E-state index is -4.71. The molecule has 0 radical (unpaired) electrons. The van der Waals surface area contributed by atoms with Crippen molar-refractivity contribution in [1.82, 2.24) is 14.8 Å². The van der Waals surface area contributed by atoms with Crippen LogP contribution in [0.1, 0.15) is 24.8 Å². The van der Waals surface area contributed by atoms with Crippen molar-refractivity contribution in [3.63, 3.8) is 0 Å². The first kappa shape index (κ1) is 19.4. The molecule has 4 rings (SSSR count). The molecular weight excluding hydrogens is 381 g/mol. The predicted octanol–water partition coefficient (Wildman–Crippen LogP) is 4.50. The van der Waals surface area contributed by atoms with Crippen molar-refractivity contribution in [1.29, 1.82) is 0 Å². The SMILES string of the molecule is NC(Cc1ccc(-c2ncn(-c3ccc(OC(F)(F)F)cc3)n2)cc1)CC1CC1. The number of hydrogen-bond acceptors (Lipinski definition) is 4. The van der Waals surface area contributed by atoms with Crippen molar-refractivity contribution in [2.75, 3.05) is 0 Å². The zero-order chi connectivity index (χ0) is 20.4. The third kappa shape index (κ3) is 5.35. The fourth-order valence-electron chi connectivity index (χ4n) is 3.28. The summed E-state index contributed by atoms with van der Waals surface area (Å²) >= 11 is 0. The Kier molecular flexibility index (Phi) is 5.27. The fourth-order valence-corrected chi connectivity index (χ4v) is 3.28. The van der Waals surface area contributed by atoms with Crippen LogP contribution in [-0.2, 0) is 6.42 Å². The van der Waals surface area contributed by atoms with Crippen LogP contribution in [0.25, 0.3) is 17.1 Å². The van der Waals surface area contributed by atoms with Gasteiger partial charge in [0.05, 0.1) is 5.69 Å². The lowest BCUT2D eigenvalue weighted by Gasteiger charge is -2.11. The molecule has 0 aliphatic heterocycles. The monoisotopic (exact) mass is 402 g/mol. The van der Waals surface area contributed by atoms with E-state index in [9.17, 15) is 13.2 Å². The summed E-state index contributed by atoms with van der Waals surface area (Å²) < 4.78 is 42.1. The lowest BCUT2D eigenvalue weighted by atomic mass is 10.0. The molecule has 0 spiro atoms. The first-order chi connectivity index (χ1) is 13.9. The van der Waals surface area contributed by atoms with Crippen LogP contribution in [0.5, 0.6) is 5.75 Å². The Morgan fingerprint density at radius 3 is 2.38 bits per heavy atom. The Bertz CT molecular complexity index is 947. The standard InChI is InChI=1S/C21H21F3N4O/c22-21(23,24)29-19-9-7-18(8-10-19)28-13-26-20(27-28)16-5-3-15(4-6-16)12-17(25)11-14-1-2-14/h3-10,13-14,17H,1-2,11-12,25H2. The summed E-state index contributed by atoms with van der Waals surface area (Å²) in [6, 6.07) is 13.6. The second-order valence-electron chi connectivity index (χ2n) is 7.39. The third-order valence-corrected chi connectivity index (χ3v) is 4.87. The van der Waals surface area contributed by atoms with E-state index in [0.29, 0.717) is 11.5 Å². The topological polar surface area (TPSA) is 66.0 Å². The number of nitrogens with zero attached hydrogens (tertiary/aromatic N) is 3. The van der Waals surface area contributed by atoms with Gasteiger partial charge in [-0.1, -0.05) is 37.1 Å². The van der Waals surface area contributed by atoms with E-state index in [1.165, 1.54) is 53.7 Å². The van der Waals surface area contributed by atoms with Gasteiger partial charge in [-0.15, -0.1) is 18.3 Å². The summed E-state index contributed by atoms with van der Waals surface area (Å²) in [6.45, 7) is 0. The van der Waals surface area contributed by atoms with Gasteiger partial charge in [-0.05, 0) is 48.6 Å². The van der Waals surface area contributed by atoms with Crippen LogP contribution in [0.3, 0.4) is 0 Å². The van der Waals surface area contributed by atoms with Gasteiger partial charge in [-0.2, -0.15) is 0 Å². The maximum absolute atomic E-state index is 12.3. The summed E-state index contributed by atoms with van der Waals surface area (Å²) in [4.78, 5) is 4.30. The highest BCUT2D eigenvalue weighted by molar-refractivity contribution is 5.55. The molecule has 5 nitrogen and oxygen atoms in total. The molecule has 3 aromatic rings. The van der Waals surface area contributed by atoms with E-state index in [0.717, 1.165) is 24.3 Å². The van der Waals surface area contributed by atoms with E-state index in [4.69, 9.17) is 5.73 Å². The van der Waals surface area contributed by atoms with Crippen molar-refractivity contribution in [2.24, 2.45) is 11.7 Å². The Hall–Kier alpha value is -2.87. The zero-order valence-electron chi connectivity index (χ0n) is 15.6. The lowest BCUT2D eigenvalue weighted by molar-refractivity contribution is -0.274. The number of benzene rings is 2. The molecule has 29 heavy (non-hydrogen) atoms. The van der Waals surface area contributed by atoms with E-state index in [-0.39, 0.29) is 11.8 Å². The third-order valence-electron chi connectivity index (χ3n) is 4.87. The van der Waals surface area contributed by atoms with Crippen LogP contribution in [0.2, 0.25) is 0 Å². The quantitative estimate of drug-likeness (QED) is 0.632. The second-order valence-corrected chi connectivity index (χ2v) is 7.39. The fraction of sp³-hybridized carbons (Fsp3) is 0.333. The predicted molar refractivity (Wildman–Crippen MR) is 102 cm³/mol. The van der Waals surface area contributed by atoms with E-state index in [1.54, 1.807) is 0 Å². The van der Waals surface area contributed by atoms with Gasteiger partial charge in [-0.3, -0.25) is 0 Å². The number of ether oxygens (including phenoxy) is 1. The summed E-state index contributed by atoms with van der Waals surface area (Å²) in [6.07, 6.45) is 1.36. The van der Waals surface area contributed by atoms with Gasteiger partial charge in [0.2, 0.25) is 0 Å². The van der Waals surface area contributed by atoms with Crippen LogP contribution in [-0.4, -0.2) is 27.2 Å². The minimum absolute atomic E-state index is 0.190. The normalized spacial score (nSPS) is 15.3. The summed E-state index contributed by atoms with van der Waals surface area (Å²) in [5.41, 5.74) is 8.84. The zero-order valence-corrected chi connectivity index (χ0v) is 15.6. The molecule has 1 atom stereocenters. The molecule has 1 saturated carbocycles. The maximum atomic E-state index is 12.3. The molecule has 0 bridgehead atoms. The molecule has 8 heteroatoms. The van der Waals surface area contributed by atoms with Crippen LogP contribution < -0.4 is 10.5 Å². The Morgan fingerprint density at radius 1 is 1.07 bits per heavy atom. The maximum Gasteiger partial charge on any atom is 0.573 e. The first-order valence-electron chi connectivity index (χ1n) is 9.48. The largest absolute Gasteiger partial charge is 0.573 e. The molecule has 2 N–H and O–H groups in total. The van der Waals surface area contributed by atoms with Gasteiger partial charge in [-0.25, -0.2) is 9.67 Å². The smallest absolute Gasteiger partial charge is 0.406 e. The van der Waals surface area contributed by atoms with Gasteiger partial charge in [0, 0.05) is 11.6 Å². The van der Waals surface area contributed by atoms with Crippen LogP contribution in [0.15, 0.2) is 54.9 Å². The Labute approximate surface area is 166 Å². The molecule has 1 fully saturated rings. The number of hydrogen-bond donors (Lipinski definition) is 1. The van der Waals surface area contributed by atoms with E-state index in [1.807, 2.05) is 24.3 Å². The summed E-state index contributed by atoms with van der Waals surface area (Å²) in [7, 11) is 0. The van der Waals surface area contributed by atoms with Crippen LogP contribution in [0, 0.1) is 5.92 Å². The molecule has 1 unspecified atom stereocenters. The molecule has 0 saturated heterocycles. The Balaban J connectivity index is 1.41. The molecule has 1 aliphatic carbocycles. The second kappa shape index (κ2) is 7.87. The van der Waals surface area contributed by atoms with Gasteiger partial charge < -0.3 is 10.5 Å². The van der Waals surface area contributed by atoms with Crippen LogP contribution in [0.4, 0.5) is 13.2 Å². The molecule has 1 aliphatic rings. The number of rotatable bonds is 7. The van der Waals surface area contributed by atoms with Gasteiger partial charge in [0.15, 0.2) is 5.82 Å². The molecule has 0 amide bonds. The molecular formula is C21H21F3N4O. The molecule has 1 heterocycles. The number of aromatic nitrogens is 3. The number of nitrogens with two attached hydrogens (primary N) is 1. The highest BCUT2D eigenvalue weighted by atomic mass is 19.4. The number of halogens is 3. The van der Waals surface area contributed by atoms with Crippen molar-refractivity contribution >= 4 is 0 Å². The Morgan fingerprint density at radius 2 is 1.76 bits per heavy atom. The van der Waals surface area contributed by atoms with Crippen molar-refractivity contribution in [2.45, 2.75) is 38.1 Å². The average molecular weight is 402 g/mol. The van der Waals surface area contributed by atoms with Crippen LogP contribution >= 0.6 is 0 Å². The highest BCUT2D eigenvalue weighted by Gasteiger charge is 2.31. The molecule has 1 aromatic heterocycles. The van der Waals surface area contributed by atoms with Gasteiger partial charge in [0.1, 0.15) is 12.1 Å². The first-order valence-corrected chi connectivity index (χ1v) is 9.48. The molecule has 152 valence electrons. The average Bonchev–Trinajstić information content (AvgIpc) is 3.33. The summed E-state index contributed by atoms with van der Waals surface area (Å²) in [5.74, 6) is 1.07. The van der Waals surface area contributed by atoms with E-state index >= 15 is 0 Å². The lowest BCUT2D eigenvalue weighted by Crippen LogP contribution is -2.23. The van der Waals surface area contributed by atoms with Crippen molar-refractivity contribution in [3.05, 3.63) is 60.4 Å². The minimum Gasteiger partial charge on any atom is -0.406 e. The highest BCUT2D eigenvalue weighted by Crippen LogP contribution is 2.33.